The van der Waals surface area contributed by atoms with Gasteiger partial charge in [0, 0.05) is 30.9 Å². The number of anilines is 2. The highest BCUT2D eigenvalue weighted by Crippen LogP contribution is 2.32. The van der Waals surface area contributed by atoms with Gasteiger partial charge in [-0.15, -0.1) is 0 Å². The molecule has 0 radical (unpaired) electrons. The van der Waals surface area contributed by atoms with Crippen molar-refractivity contribution in [3.8, 4) is 5.75 Å². The highest BCUT2D eigenvalue weighted by atomic mass is 32.2. The number of nitrogens with zero attached hydrogens (tertiary/aromatic N) is 3. The van der Waals surface area contributed by atoms with E-state index in [0.29, 0.717) is 5.69 Å². The molecule has 1 aromatic heterocycles. The highest BCUT2D eigenvalue weighted by Gasteiger charge is 2.34. The van der Waals surface area contributed by atoms with Crippen LogP contribution in [-0.2, 0) is 10.0 Å². The molecule has 226 valence electrons. The van der Waals surface area contributed by atoms with E-state index in [9.17, 15) is 27.5 Å². The summed E-state index contributed by atoms with van der Waals surface area (Å²) in [5.41, 5.74) is 0.816. The van der Waals surface area contributed by atoms with Crippen molar-refractivity contribution >= 4 is 33.3 Å². The van der Waals surface area contributed by atoms with Crippen LogP contribution in [0.1, 0.15) is 35.7 Å². The molecule has 3 atom stereocenters. The Morgan fingerprint density at radius 1 is 1.21 bits per heavy atom. The van der Waals surface area contributed by atoms with Gasteiger partial charge in [-0.2, -0.15) is 0 Å². The molecule has 2 heterocycles. The molecule has 0 fully saturated rings. The fourth-order valence-corrected chi connectivity index (χ4v) is 6.05. The number of likely N-dealkylation sites (N-methyl/N-ethyl adjacent to an activating group) is 1. The van der Waals surface area contributed by atoms with Crippen LogP contribution in [0.4, 0.5) is 20.6 Å². The number of aliphatic hydroxyl groups is 1. The number of aromatic nitrogens is 1. The van der Waals surface area contributed by atoms with Gasteiger partial charge in [-0.25, -0.2) is 17.6 Å². The lowest BCUT2D eigenvalue weighted by Crippen LogP contribution is -2.50. The Labute approximate surface area is 243 Å². The van der Waals surface area contributed by atoms with E-state index in [1.54, 1.807) is 14.0 Å². The number of hydrogen-bond acceptors (Lipinski definition) is 8. The van der Waals surface area contributed by atoms with Crippen molar-refractivity contribution in [1.29, 1.82) is 0 Å². The minimum atomic E-state index is -4.08. The first-order valence-corrected chi connectivity index (χ1v) is 14.7. The van der Waals surface area contributed by atoms with Gasteiger partial charge in [-0.1, -0.05) is 12.1 Å². The number of amides is 3. The van der Waals surface area contributed by atoms with Gasteiger partial charge in [0.05, 0.1) is 24.8 Å². The van der Waals surface area contributed by atoms with Crippen molar-refractivity contribution in [2.75, 3.05) is 36.8 Å². The van der Waals surface area contributed by atoms with Crippen LogP contribution in [-0.4, -0.2) is 79.3 Å². The normalized spacial score (nSPS) is 17.9. The standard InChI is InChI=1S/C28H34FN5O7S/c1-16-13-34(17(2)15-35)27(36)23-12-22(32-42(38,39)26-18(3)31-41-19(26)4)10-11-24(23)40-25(16)14-33(5)28(37)30-21-8-6-20(29)7-9-21/h6-12,16-17,25,32,35H,13-15H2,1-5H3,(H,30,37)/t16-,17+,25+/m0/s1. The van der Waals surface area contributed by atoms with E-state index < -0.39 is 39.9 Å². The van der Waals surface area contributed by atoms with Gasteiger partial charge in [0.15, 0.2) is 10.7 Å². The predicted octanol–water partition coefficient (Wildman–Crippen LogP) is 3.62. The monoisotopic (exact) mass is 603 g/mol. The molecule has 3 aromatic rings. The van der Waals surface area contributed by atoms with Gasteiger partial charge in [0.2, 0.25) is 0 Å². The van der Waals surface area contributed by atoms with E-state index in [1.807, 2.05) is 6.92 Å². The zero-order valence-corrected chi connectivity index (χ0v) is 24.7. The maximum Gasteiger partial charge on any atom is 0.321 e. The molecule has 0 bridgehead atoms. The molecular formula is C28H34FN5O7S. The van der Waals surface area contributed by atoms with Crippen molar-refractivity contribution in [1.82, 2.24) is 15.0 Å². The first kappa shape index (κ1) is 30.8. The number of carbonyl (C=O) groups excluding carboxylic acids is 2. The van der Waals surface area contributed by atoms with E-state index >= 15 is 0 Å². The van der Waals surface area contributed by atoms with Gasteiger partial charge < -0.3 is 29.5 Å². The van der Waals surface area contributed by atoms with Crippen LogP contribution in [0.5, 0.6) is 5.75 Å². The molecule has 42 heavy (non-hydrogen) atoms. The number of fused-ring (bicyclic) bond motifs is 1. The Morgan fingerprint density at radius 3 is 2.50 bits per heavy atom. The Hall–Kier alpha value is -4.17. The summed E-state index contributed by atoms with van der Waals surface area (Å²) in [7, 11) is -2.50. The topological polar surface area (TPSA) is 154 Å². The third-order valence-electron chi connectivity index (χ3n) is 7.05. The minimum absolute atomic E-state index is 0.0876. The van der Waals surface area contributed by atoms with Gasteiger partial charge in [-0.05, 0) is 63.2 Å². The quantitative estimate of drug-likeness (QED) is 0.353. The number of aryl methyl sites for hydroxylation is 2. The molecule has 3 amide bonds. The first-order chi connectivity index (χ1) is 19.8. The van der Waals surface area contributed by atoms with Crippen LogP contribution < -0.4 is 14.8 Å². The maximum atomic E-state index is 13.7. The zero-order valence-electron chi connectivity index (χ0n) is 23.9. The third-order valence-corrected chi connectivity index (χ3v) is 8.67. The summed E-state index contributed by atoms with van der Waals surface area (Å²) in [6, 6.07) is 8.72. The summed E-state index contributed by atoms with van der Waals surface area (Å²) in [4.78, 5) is 29.4. The molecule has 0 saturated heterocycles. The fraction of sp³-hybridized carbons (Fsp3) is 0.393. The Kier molecular flexibility index (Phi) is 9.06. The summed E-state index contributed by atoms with van der Waals surface area (Å²) in [5.74, 6) is -0.822. The van der Waals surface area contributed by atoms with E-state index in [0.717, 1.165) is 0 Å². The molecule has 3 N–H and O–H groups in total. The smallest absolute Gasteiger partial charge is 0.321 e. The first-order valence-electron chi connectivity index (χ1n) is 13.3. The number of hydrogen-bond donors (Lipinski definition) is 3. The van der Waals surface area contributed by atoms with Crippen molar-refractivity contribution in [3.63, 3.8) is 0 Å². The van der Waals surface area contributed by atoms with Crippen molar-refractivity contribution in [2.24, 2.45) is 5.92 Å². The lowest BCUT2D eigenvalue weighted by molar-refractivity contribution is 0.0371. The summed E-state index contributed by atoms with van der Waals surface area (Å²) < 4.78 is 53.2. The van der Waals surface area contributed by atoms with E-state index in [1.165, 1.54) is 66.1 Å². The molecule has 1 aliphatic rings. The minimum Gasteiger partial charge on any atom is -0.487 e. The summed E-state index contributed by atoms with van der Waals surface area (Å²) >= 11 is 0. The van der Waals surface area contributed by atoms with Gasteiger partial charge >= 0.3 is 6.03 Å². The zero-order chi connectivity index (χ0) is 30.8. The van der Waals surface area contributed by atoms with Crippen LogP contribution in [0, 0.1) is 25.6 Å². The molecule has 0 unspecified atom stereocenters. The summed E-state index contributed by atoms with van der Waals surface area (Å²) in [5, 5.41) is 16.3. The fourth-order valence-electron chi connectivity index (χ4n) is 4.67. The number of rotatable bonds is 8. The second-order valence-electron chi connectivity index (χ2n) is 10.4. The molecule has 4 rings (SSSR count). The lowest BCUT2D eigenvalue weighted by Gasteiger charge is -2.38. The molecule has 12 nitrogen and oxygen atoms in total. The molecule has 14 heteroatoms. The van der Waals surface area contributed by atoms with Crippen LogP contribution in [0.25, 0.3) is 0 Å². The molecule has 0 saturated carbocycles. The number of aliphatic hydroxyl groups excluding tert-OH is 1. The number of urea groups is 1. The number of nitrogens with one attached hydrogen (secondary N) is 2. The van der Waals surface area contributed by atoms with Crippen molar-refractivity contribution in [3.05, 3.63) is 65.3 Å². The summed E-state index contributed by atoms with van der Waals surface area (Å²) in [6.07, 6.45) is -0.584. The molecule has 0 spiro atoms. The van der Waals surface area contributed by atoms with Gasteiger partial charge in [0.1, 0.15) is 23.4 Å². The number of sulfonamides is 1. The Balaban J connectivity index is 1.62. The van der Waals surface area contributed by atoms with E-state index in [4.69, 9.17) is 9.26 Å². The number of ether oxygens (including phenoxy) is 1. The second kappa shape index (κ2) is 12.4. The van der Waals surface area contributed by atoms with Crippen LogP contribution >= 0.6 is 0 Å². The van der Waals surface area contributed by atoms with Crippen molar-refractivity contribution in [2.45, 2.75) is 44.7 Å². The maximum absolute atomic E-state index is 13.7. The Morgan fingerprint density at radius 2 is 1.88 bits per heavy atom. The molecule has 2 aromatic carbocycles. The van der Waals surface area contributed by atoms with E-state index in [2.05, 4.69) is 15.2 Å². The number of halogens is 1. The third kappa shape index (κ3) is 6.65. The van der Waals surface area contributed by atoms with Crippen LogP contribution in [0.2, 0.25) is 0 Å². The Bertz CT molecular complexity index is 1540. The second-order valence-corrected chi connectivity index (χ2v) is 12.0. The van der Waals surface area contributed by atoms with Crippen LogP contribution in [0.15, 0.2) is 51.9 Å². The largest absolute Gasteiger partial charge is 0.487 e. The van der Waals surface area contributed by atoms with Crippen LogP contribution in [0.3, 0.4) is 0 Å². The van der Waals surface area contributed by atoms with Gasteiger partial charge in [-0.3, -0.25) is 9.52 Å². The molecular weight excluding hydrogens is 569 g/mol. The average Bonchev–Trinajstić information content (AvgIpc) is 3.29. The number of benzene rings is 2. The predicted molar refractivity (Wildman–Crippen MR) is 152 cm³/mol. The van der Waals surface area contributed by atoms with E-state index in [-0.39, 0.29) is 59.0 Å². The average molecular weight is 604 g/mol. The van der Waals surface area contributed by atoms with Crippen molar-refractivity contribution < 1.29 is 36.8 Å². The molecule has 1 aliphatic heterocycles. The lowest BCUT2D eigenvalue weighted by atomic mass is 9.99. The van der Waals surface area contributed by atoms with Gasteiger partial charge in [0.25, 0.3) is 15.9 Å². The summed E-state index contributed by atoms with van der Waals surface area (Å²) in [6.45, 7) is 6.61. The highest BCUT2D eigenvalue weighted by molar-refractivity contribution is 7.92. The SMILES string of the molecule is Cc1noc(C)c1S(=O)(=O)Nc1ccc2c(c1)C(=O)N([C@H](C)CO)C[C@H](C)[C@@H](CN(C)C(=O)Nc1ccc(F)cc1)O2. The molecule has 0 aliphatic carbocycles. The number of carbonyl (C=O) groups is 2.